The van der Waals surface area contributed by atoms with Gasteiger partial charge in [0.25, 0.3) is 0 Å². The van der Waals surface area contributed by atoms with E-state index in [-0.39, 0.29) is 17.9 Å². The van der Waals surface area contributed by atoms with E-state index in [1.54, 1.807) is 11.3 Å². The van der Waals surface area contributed by atoms with Gasteiger partial charge in [-0.2, -0.15) is 0 Å². The highest BCUT2D eigenvalue weighted by molar-refractivity contribution is 7.13. The Hall–Kier alpha value is -1.62. The highest BCUT2D eigenvalue weighted by Crippen LogP contribution is 2.26. The van der Waals surface area contributed by atoms with E-state index in [1.807, 2.05) is 45.2 Å². The van der Waals surface area contributed by atoms with Crippen LogP contribution in [0.4, 0.5) is 0 Å². The highest BCUT2D eigenvalue weighted by atomic mass is 32.1. The molecule has 0 aromatic carbocycles. The lowest BCUT2D eigenvalue weighted by Gasteiger charge is -2.20. The van der Waals surface area contributed by atoms with Crippen LogP contribution < -0.4 is 5.32 Å². The lowest BCUT2D eigenvalue weighted by Crippen LogP contribution is -2.41. The molecule has 0 unspecified atom stereocenters. The largest absolute Gasteiger partial charge is 0.440 e. The number of amides is 1. The molecule has 2 heterocycles. The summed E-state index contributed by atoms with van der Waals surface area (Å²) in [5.41, 5.74) is 0.468. The molecule has 0 atom stereocenters. The Balaban J connectivity index is 2.12. The van der Waals surface area contributed by atoms with E-state index in [9.17, 15) is 4.79 Å². The molecule has 0 saturated carbocycles. The second kappa shape index (κ2) is 5.17. The molecule has 2 rings (SSSR count). The normalized spacial score (nSPS) is 11.6. The number of aromatic nitrogens is 1. The van der Waals surface area contributed by atoms with Gasteiger partial charge in [-0.3, -0.25) is 4.79 Å². The third-order valence-corrected chi connectivity index (χ3v) is 3.32. The molecule has 102 valence electrons. The van der Waals surface area contributed by atoms with E-state index in [1.165, 1.54) is 0 Å². The average Bonchev–Trinajstić information content (AvgIpc) is 2.85. The Bertz CT molecular complexity index is 565. The quantitative estimate of drug-likeness (QED) is 0.938. The SMILES string of the molecule is Cc1oc(-c2cccs2)nc1CC(=O)NC(C)(C)C. The predicted octanol–water partition coefficient (Wildman–Crippen LogP) is 3.17. The molecule has 5 heteroatoms. The first-order valence-electron chi connectivity index (χ1n) is 6.16. The minimum atomic E-state index is -0.231. The van der Waals surface area contributed by atoms with E-state index in [2.05, 4.69) is 10.3 Å². The van der Waals surface area contributed by atoms with Gasteiger partial charge in [-0.15, -0.1) is 11.3 Å². The van der Waals surface area contributed by atoms with Gasteiger partial charge in [0.1, 0.15) is 5.76 Å². The summed E-state index contributed by atoms with van der Waals surface area (Å²) in [6, 6.07) is 3.90. The van der Waals surface area contributed by atoms with Gasteiger partial charge in [-0.05, 0) is 39.1 Å². The molecule has 1 amide bonds. The van der Waals surface area contributed by atoms with Crippen LogP contribution in [-0.4, -0.2) is 16.4 Å². The summed E-state index contributed by atoms with van der Waals surface area (Å²) >= 11 is 1.57. The number of oxazole rings is 1. The fraction of sp³-hybridized carbons (Fsp3) is 0.429. The van der Waals surface area contributed by atoms with Crippen molar-refractivity contribution in [1.29, 1.82) is 0 Å². The number of hydrogen-bond donors (Lipinski definition) is 1. The summed E-state index contributed by atoms with van der Waals surface area (Å²) in [4.78, 5) is 17.3. The van der Waals surface area contributed by atoms with Crippen LogP contribution in [0.3, 0.4) is 0 Å². The third kappa shape index (κ3) is 3.67. The molecule has 0 aliphatic heterocycles. The number of carbonyl (C=O) groups is 1. The Morgan fingerprint density at radius 1 is 1.47 bits per heavy atom. The summed E-state index contributed by atoms with van der Waals surface area (Å²) in [6.45, 7) is 7.71. The summed E-state index contributed by atoms with van der Waals surface area (Å²) < 4.78 is 5.61. The fourth-order valence-electron chi connectivity index (χ4n) is 1.71. The van der Waals surface area contributed by atoms with Crippen molar-refractivity contribution in [3.63, 3.8) is 0 Å². The van der Waals surface area contributed by atoms with Crippen molar-refractivity contribution in [3.8, 4) is 10.8 Å². The van der Waals surface area contributed by atoms with Gasteiger partial charge in [0.05, 0.1) is 17.0 Å². The number of aryl methyl sites for hydroxylation is 1. The number of nitrogens with one attached hydrogen (secondary N) is 1. The van der Waals surface area contributed by atoms with Crippen molar-refractivity contribution in [2.24, 2.45) is 0 Å². The van der Waals surface area contributed by atoms with Gasteiger partial charge in [0, 0.05) is 5.54 Å². The van der Waals surface area contributed by atoms with Crippen LogP contribution in [-0.2, 0) is 11.2 Å². The van der Waals surface area contributed by atoms with Gasteiger partial charge in [-0.1, -0.05) is 6.07 Å². The van der Waals surface area contributed by atoms with Gasteiger partial charge in [-0.25, -0.2) is 4.98 Å². The predicted molar refractivity (Wildman–Crippen MR) is 76.2 cm³/mol. The first-order valence-corrected chi connectivity index (χ1v) is 7.04. The maximum Gasteiger partial charge on any atom is 0.236 e. The lowest BCUT2D eigenvalue weighted by atomic mass is 10.1. The lowest BCUT2D eigenvalue weighted by molar-refractivity contribution is -0.121. The molecule has 4 nitrogen and oxygen atoms in total. The van der Waals surface area contributed by atoms with Crippen LogP contribution in [0, 0.1) is 6.92 Å². The molecule has 0 fully saturated rings. The molecule has 1 N–H and O–H groups in total. The van der Waals surface area contributed by atoms with Gasteiger partial charge in [0.15, 0.2) is 0 Å². The number of carbonyl (C=O) groups excluding carboxylic acids is 1. The van der Waals surface area contributed by atoms with Crippen LogP contribution >= 0.6 is 11.3 Å². The third-order valence-electron chi connectivity index (χ3n) is 2.47. The average molecular weight is 278 g/mol. The van der Waals surface area contributed by atoms with Crippen molar-refractivity contribution in [2.75, 3.05) is 0 Å². The van der Waals surface area contributed by atoms with Crippen LogP contribution in [0.1, 0.15) is 32.2 Å². The highest BCUT2D eigenvalue weighted by Gasteiger charge is 2.18. The Kier molecular flexibility index (Phi) is 3.75. The van der Waals surface area contributed by atoms with E-state index in [0.717, 1.165) is 4.88 Å². The number of rotatable bonds is 3. The Morgan fingerprint density at radius 3 is 2.79 bits per heavy atom. The van der Waals surface area contributed by atoms with Gasteiger partial charge >= 0.3 is 0 Å². The molecule has 2 aromatic heterocycles. The van der Waals surface area contributed by atoms with E-state index < -0.39 is 0 Å². The van der Waals surface area contributed by atoms with Crippen molar-refractivity contribution in [2.45, 2.75) is 39.7 Å². The topological polar surface area (TPSA) is 55.1 Å². The molecule has 0 saturated heterocycles. The molecule has 0 aliphatic carbocycles. The standard InChI is InChI=1S/C14H18N2O2S/c1-9-10(8-12(17)16-14(2,3)4)15-13(18-9)11-6-5-7-19-11/h5-7H,8H2,1-4H3,(H,16,17). The Labute approximate surface area is 116 Å². The summed E-state index contributed by atoms with van der Waals surface area (Å²) in [5, 5.41) is 4.89. The molecule has 19 heavy (non-hydrogen) atoms. The van der Waals surface area contributed by atoms with Gasteiger partial charge < -0.3 is 9.73 Å². The first kappa shape index (κ1) is 13.8. The molecule has 0 aliphatic rings. The minimum absolute atomic E-state index is 0.0402. The summed E-state index contributed by atoms with van der Waals surface area (Å²) in [6.07, 6.45) is 0.248. The van der Waals surface area contributed by atoms with Crippen molar-refractivity contribution in [3.05, 3.63) is 29.0 Å². The summed E-state index contributed by atoms with van der Waals surface area (Å²) in [7, 11) is 0. The zero-order valence-corrected chi connectivity index (χ0v) is 12.4. The molecular formula is C14H18N2O2S. The first-order chi connectivity index (χ1) is 8.85. The van der Waals surface area contributed by atoms with Crippen molar-refractivity contribution in [1.82, 2.24) is 10.3 Å². The Morgan fingerprint density at radius 2 is 2.21 bits per heavy atom. The zero-order chi connectivity index (χ0) is 14.0. The number of nitrogens with zero attached hydrogens (tertiary/aromatic N) is 1. The minimum Gasteiger partial charge on any atom is -0.440 e. The molecule has 0 spiro atoms. The maximum atomic E-state index is 11.9. The molecule has 2 aromatic rings. The maximum absolute atomic E-state index is 11.9. The fourth-order valence-corrected chi connectivity index (χ4v) is 2.36. The zero-order valence-electron chi connectivity index (χ0n) is 11.6. The van der Waals surface area contributed by atoms with Crippen LogP contribution in [0.5, 0.6) is 0 Å². The summed E-state index contributed by atoms with van der Waals surface area (Å²) in [5.74, 6) is 1.25. The van der Waals surface area contributed by atoms with Gasteiger partial charge in [0.2, 0.25) is 11.8 Å². The second-order valence-electron chi connectivity index (χ2n) is 5.47. The van der Waals surface area contributed by atoms with Crippen LogP contribution in [0.25, 0.3) is 10.8 Å². The second-order valence-corrected chi connectivity index (χ2v) is 6.42. The number of hydrogen-bond acceptors (Lipinski definition) is 4. The molecule has 0 bridgehead atoms. The monoisotopic (exact) mass is 278 g/mol. The van der Waals surface area contributed by atoms with E-state index >= 15 is 0 Å². The van der Waals surface area contributed by atoms with Crippen LogP contribution in [0.15, 0.2) is 21.9 Å². The number of thiophene rings is 1. The van der Waals surface area contributed by atoms with Crippen LogP contribution in [0.2, 0.25) is 0 Å². The van der Waals surface area contributed by atoms with Crippen molar-refractivity contribution < 1.29 is 9.21 Å². The smallest absolute Gasteiger partial charge is 0.236 e. The molecular weight excluding hydrogens is 260 g/mol. The van der Waals surface area contributed by atoms with E-state index in [0.29, 0.717) is 17.3 Å². The molecule has 0 radical (unpaired) electrons. The van der Waals surface area contributed by atoms with Crippen molar-refractivity contribution >= 4 is 17.2 Å². The van der Waals surface area contributed by atoms with E-state index in [4.69, 9.17) is 4.42 Å².